The lowest BCUT2D eigenvalue weighted by Crippen LogP contribution is -2.46. The van der Waals surface area contributed by atoms with Crippen molar-refractivity contribution in [1.82, 2.24) is 9.88 Å². The minimum absolute atomic E-state index is 0.00573. The second-order valence-corrected chi connectivity index (χ2v) is 11.0. The normalized spacial score (nSPS) is 11.4. The third kappa shape index (κ3) is 10.3. The van der Waals surface area contributed by atoms with Crippen molar-refractivity contribution in [3.63, 3.8) is 0 Å². The molecule has 0 saturated heterocycles. The Bertz CT molecular complexity index is 1730. The zero-order valence-electron chi connectivity index (χ0n) is 25.0. The second kappa shape index (κ2) is 16.9. The topological polar surface area (TPSA) is 144 Å². The SMILES string of the molecule is O=C(O)CC(NC(=O)Cn1c(Cc2ccccc2)ccc(NC(=O)CCc2ccccc2)c1=O)C(=O)COCc1ccccc1Cl. The van der Waals surface area contributed by atoms with Gasteiger partial charge < -0.3 is 25.0 Å². The molecule has 10 nitrogen and oxygen atoms in total. The molecule has 0 saturated carbocycles. The van der Waals surface area contributed by atoms with Gasteiger partial charge >= 0.3 is 5.97 Å². The van der Waals surface area contributed by atoms with Crippen molar-refractivity contribution in [1.29, 1.82) is 0 Å². The number of hydrogen-bond acceptors (Lipinski definition) is 6. The summed E-state index contributed by atoms with van der Waals surface area (Å²) in [7, 11) is 0. The third-order valence-electron chi connectivity index (χ3n) is 7.11. The summed E-state index contributed by atoms with van der Waals surface area (Å²) in [5.74, 6) is -3.07. The molecular formula is C35H34ClN3O7. The molecule has 0 aliphatic carbocycles. The number of nitrogens with one attached hydrogen (secondary N) is 2. The lowest BCUT2D eigenvalue weighted by molar-refractivity contribution is -0.141. The summed E-state index contributed by atoms with van der Waals surface area (Å²) in [5, 5.41) is 15.0. The molecule has 0 radical (unpaired) electrons. The van der Waals surface area contributed by atoms with Crippen LogP contribution in [0.4, 0.5) is 5.69 Å². The Morgan fingerprint density at radius 1 is 0.826 bits per heavy atom. The molecule has 2 amide bonds. The van der Waals surface area contributed by atoms with E-state index in [-0.39, 0.29) is 24.6 Å². The molecule has 0 fully saturated rings. The van der Waals surface area contributed by atoms with Crippen molar-refractivity contribution in [3.05, 3.63) is 135 Å². The smallest absolute Gasteiger partial charge is 0.305 e. The van der Waals surface area contributed by atoms with Gasteiger partial charge in [-0.3, -0.25) is 24.0 Å². The van der Waals surface area contributed by atoms with E-state index in [1.54, 1.807) is 30.3 Å². The van der Waals surface area contributed by atoms with Crippen LogP contribution in [-0.2, 0) is 49.9 Å². The first-order valence-electron chi connectivity index (χ1n) is 14.6. The van der Waals surface area contributed by atoms with Crippen LogP contribution in [0.1, 0.15) is 35.2 Å². The predicted molar refractivity (Wildman–Crippen MR) is 174 cm³/mol. The zero-order valence-corrected chi connectivity index (χ0v) is 25.7. The number of carbonyl (C=O) groups excluding carboxylic acids is 3. The van der Waals surface area contributed by atoms with Crippen LogP contribution >= 0.6 is 11.6 Å². The number of carboxylic acid groups (broad SMARTS) is 1. The Labute approximate surface area is 271 Å². The summed E-state index contributed by atoms with van der Waals surface area (Å²) in [6, 6.07) is 27.4. The van der Waals surface area contributed by atoms with E-state index in [4.69, 9.17) is 16.3 Å². The highest BCUT2D eigenvalue weighted by atomic mass is 35.5. The summed E-state index contributed by atoms with van der Waals surface area (Å²) in [6.07, 6.45) is 0.256. The minimum atomic E-state index is -1.40. The van der Waals surface area contributed by atoms with Crippen molar-refractivity contribution in [2.45, 2.75) is 44.9 Å². The van der Waals surface area contributed by atoms with Gasteiger partial charge in [0, 0.05) is 23.6 Å². The number of Topliss-reactive ketones (excluding diaryl/α,β-unsaturated/α-hetero) is 1. The van der Waals surface area contributed by atoms with Gasteiger partial charge in [0.05, 0.1) is 13.0 Å². The summed E-state index contributed by atoms with van der Waals surface area (Å²) in [6.45, 7) is -0.965. The summed E-state index contributed by atoms with van der Waals surface area (Å²) < 4.78 is 6.67. The number of pyridine rings is 1. The number of amides is 2. The monoisotopic (exact) mass is 643 g/mol. The van der Waals surface area contributed by atoms with Crippen LogP contribution in [0.3, 0.4) is 0 Å². The lowest BCUT2D eigenvalue weighted by Gasteiger charge is -2.19. The predicted octanol–water partition coefficient (Wildman–Crippen LogP) is 4.41. The van der Waals surface area contributed by atoms with Gasteiger partial charge in [-0.1, -0.05) is 90.5 Å². The fraction of sp³-hybridized carbons (Fsp3) is 0.229. The molecule has 46 heavy (non-hydrogen) atoms. The van der Waals surface area contributed by atoms with Crippen LogP contribution in [0.2, 0.25) is 5.02 Å². The van der Waals surface area contributed by atoms with Crippen molar-refractivity contribution in [2.75, 3.05) is 11.9 Å². The minimum Gasteiger partial charge on any atom is -0.481 e. The van der Waals surface area contributed by atoms with Gasteiger partial charge in [0.2, 0.25) is 11.8 Å². The van der Waals surface area contributed by atoms with E-state index in [0.29, 0.717) is 29.1 Å². The van der Waals surface area contributed by atoms with Gasteiger partial charge in [-0.15, -0.1) is 0 Å². The van der Waals surface area contributed by atoms with Crippen LogP contribution in [-0.4, -0.2) is 45.9 Å². The third-order valence-corrected chi connectivity index (χ3v) is 7.48. The van der Waals surface area contributed by atoms with Crippen LogP contribution in [0.25, 0.3) is 0 Å². The largest absolute Gasteiger partial charge is 0.481 e. The molecule has 0 aliphatic rings. The zero-order chi connectivity index (χ0) is 32.9. The molecule has 4 rings (SSSR count). The number of aliphatic carboxylic acids is 1. The average Bonchev–Trinajstić information content (AvgIpc) is 3.04. The average molecular weight is 644 g/mol. The van der Waals surface area contributed by atoms with E-state index < -0.39 is 48.8 Å². The van der Waals surface area contributed by atoms with Crippen LogP contribution in [0, 0.1) is 0 Å². The van der Waals surface area contributed by atoms with Crippen LogP contribution in [0.15, 0.2) is 102 Å². The number of benzene rings is 3. The molecule has 1 aromatic heterocycles. The first-order chi connectivity index (χ1) is 22.2. The lowest BCUT2D eigenvalue weighted by atomic mass is 10.1. The van der Waals surface area contributed by atoms with Gasteiger partial charge in [0.15, 0.2) is 5.78 Å². The molecule has 0 bridgehead atoms. The quantitative estimate of drug-likeness (QED) is 0.164. The molecule has 3 N–H and O–H groups in total. The Morgan fingerprint density at radius 2 is 1.48 bits per heavy atom. The highest BCUT2D eigenvalue weighted by Crippen LogP contribution is 2.16. The van der Waals surface area contributed by atoms with E-state index in [2.05, 4.69) is 10.6 Å². The fourth-order valence-electron chi connectivity index (χ4n) is 4.74. The molecular weight excluding hydrogens is 610 g/mol. The number of carbonyl (C=O) groups is 4. The van der Waals surface area contributed by atoms with E-state index in [0.717, 1.165) is 11.1 Å². The number of carboxylic acids is 1. The van der Waals surface area contributed by atoms with Crippen molar-refractivity contribution in [2.24, 2.45) is 0 Å². The van der Waals surface area contributed by atoms with Gasteiger partial charge in [-0.05, 0) is 41.3 Å². The fourth-order valence-corrected chi connectivity index (χ4v) is 4.93. The number of hydrogen-bond donors (Lipinski definition) is 3. The summed E-state index contributed by atoms with van der Waals surface area (Å²) >= 11 is 6.12. The summed E-state index contributed by atoms with van der Waals surface area (Å²) in [5.41, 5.74) is 2.37. The highest BCUT2D eigenvalue weighted by molar-refractivity contribution is 6.31. The van der Waals surface area contributed by atoms with Crippen molar-refractivity contribution >= 4 is 40.9 Å². The van der Waals surface area contributed by atoms with Crippen molar-refractivity contribution < 1.29 is 29.0 Å². The molecule has 1 unspecified atom stereocenters. The number of aromatic nitrogens is 1. The Balaban J connectivity index is 1.48. The number of ether oxygens (including phenoxy) is 1. The van der Waals surface area contributed by atoms with Crippen LogP contribution in [0.5, 0.6) is 0 Å². The molecule has 1 heterocycles. The van der Waals surface area contributed by atoms with E-state index in [1.807, 2.05) is 60.7 Å². The Kier molecular flexibility index (Phi) is 12.4. The first kappa shape index (κ1) is 33.8. The first-order valence-corrected chi connectivity index (χ1v) is 15.0. The number of nitrogens with zero attached hydrogens (tertiary/aromatic N) is 1. The second-order valence-electron chi connectivity index (χ2n) is 10.6. The number of ketones is 1. The van der Waals surface area contributed by atoms with Gasteiger partial charge in [0.25, 0.3) is 5.56 Å². The summed E-state index contributed by atoms with van der Waals surface area (Å²) in [4.78, 5) is 64.0. The molecule has 0 aliphatic heterocycles. The maximum atomic E-state index is 13.6. The van der Waals surface area contributed by atoms with Gasteiger partial charge in [-0.25, -0.2) is 0 Å². The number of aryl methyl sites for hydroxylation is 1. The maximum absolute atomic E-state index is 13.6. The van der Waals surface area contributed by atoms with Gasteiger partial charge in [0.1, 0.15) is 24.9 Å². The maximum Gasteiger partial charge on any atom is 0.305 e. The molecule has 1 atom stereocenters. The number of rotatable bonds is 16. The number of anilines is 1. The van der Waals surface area contributed by atoms with E-state index in [1.165, 1.54) is 10.6 Å². The highest BCUT2D eigenvalue weighted by Gasteiger charge is 2.25. The van der Waals surface area contributed by atoms with Crippen molar-refractivity contribution in [3.8, 4) is 0 Å². The molecule has 0 spiro atoms. The molecule has 4 aromatic rings. The molecule has 11 heteroatoms. The standard InChI is InChI=1S/C35H34ClN3O7/c36-28-14-8-7-13-26(28)22-46-23-31(40)30(20-34(43)44)38-33(42)21-39-27(19-25-11-5-2-6-12-25)16-17-29(35(39)45)37-32(41)18-15-24-9-3-1-4-10-24/h1-14,16-17,30H,15,18-23H2,(H,37,41)(H,38,42)(H,43,44). The van der Waals surface area contributed by atoms with Crippen LogP contribution < -0.4 is 16.2 Å². The van der Waals surface area contributed by atoms with Gasteiger partial charge in [-0.2, -0.15) is 0 Å². The molecule has 3 aromatic carbocycles. The Hall–Kier alpha value is -5.06. The molecule has 238 valence electrons. The van der Waals surface area contributed by atoms with E-state index in [9.17, 15) is 29.1 Å². The number of halogens is 1. The van der Waals surface area contributed by atoms with E-state index >= 15 is 0 Å². The Morgan fingerprint density at radius 3 is 2.15 bits per heavy atom.